The lowest BCUT2D eigenvalue weighted by Crippen LogP contribution is -2.19. The largest absolute Gasteiger partial charge is 0.376 e. The van der Waals surface area contributed by atoms with Crippen LogP contribution in [-0.4, -0.2) is 12.2 Å². The molecule has 1 heteroatoms. The van der Waals surface area contributed by atoms with E-state index >= 15 is 0 Å². The molecule has 2 aliphatic rings. The van der Waals surface area contributed by atoms with Crippen molar-refractivity contribution in [3.05, 3.63) is 65.3 Å². The van der Waals surface area contributed by atoms with Crippen LogP contribution in [0, 0.1) is 5.92 Å². The van der Waals surface area contributed by atoms with Crippen molar-refractivity contribution in [3.63, 3.8) is 0 Å². The first-order valence-electron chi connectivity index (χ1n) is 12.7. The highest BCUT2D eigenvalue weighted by Gasteiger charge is 2.12. The SMILES string of the molecule is CC(C)(C)OCCCCCCC1=CCc2ccccc21.CCCCC1=CC(CC)C=C1. The standard InChI is InChI=1S/C19H28O.C11H18/c1-19(2,3)20-15-9-5-4-6-10-16-13-14-17-11-7-8-12-18(16)17;1-3-5-6-11-8-7-10(4-2)9-11/h7-8,11-13H,4-6,9-10,14-15H2,1-3H3;7-10H,3-6H2,1-2H3. The Hall–Kier alpha value is -1.60. The smallest absolute Gasteiger partial charge is 0.0598 e. The monoisotopic (exact) mass is 422 g/mol. The molecule has 172 valence electrons. The van der Waals surface area contributed by atoms with E-state index < -0.39 is 0 Å². The summed E-state index contributed by atoms with van der Waals surface area (Å²) in [6.07, 6.45) is 22.1. The maximum absolute atomic E-state index is 5.74. The number of unbranched alkanes of at least 4 members (excludes halogenated alkanes) is 4. The fraction of sp³-hybridized carbons (Fsp3) is 0.600. The molecule has 0 aliphatic heterocycles. The quantitative estimate of drug-likeness (QED) is 0.323. The van der Waals surface area contributed by atoms with Gasteiger partial charge in [-0.2, -0.15) is 0 Å². The molecule has 0 fully saturated rings. The first kappa shape index (κ1) is 25.7. The number of fused-ring (bicyclic) bond motifs is 1. The van der Waals surface area contributed by atoms with E-state index in [0.29, 0.717) is 0 Å². The number of benzene rings is 1. The van der Waals surface area contributed by atoms with Crippen molar-refractivity contribution >= 4 is 5.57 Å². The summed E-state index contributed by atoms with van der Waals surface area (Å²) in [5.41, 5.74) is 6.12. The van der Waals surface area contributed by atoms with Crippen LogP contribution in [0.1, 0.15) is 104 Å². The van der Waals surface area contributed by atoms with Crippen molar-refractivity contribution in [3.8, 4) is 0 Å². The van der Waals surface area contributed by atoms with Gasteiger partial charge < -0.3 is 4.74 Å². The van der Waals surface area contributed by atoms with Crippen molar-refractivity contribution in [2.45, 2.75) is 104 Å². The highest BCUT2D eigenvalue weighted by atomic mass is 16.5. The molecule has 3 rings (SSSR count). The van der Waals surface area contributed by atoms with E-state index in [1.54, 1.807) is 11.1 Å². The lowest BCUT2D eigenvalue weighted by atomic mass is 10.0. The van der Waals surface area contributed by atoms with Gasteiger partial charge in [0.05, 0.1) is 5.60 Å². The summed E-state index contributed by atoms with van der Waals surface area (Å²) in [6.45, 7) is 11.8. The second-order valence-electron chi connectivity index (χ2n) is 9.99. The summed E-state index contributed by atoms with van der Waals surface area (Å²) in [6, 6.07) is 8.82. The molecule has 0 spiro atoms. The van der Waals surface area contributed by atoms with Gasteiger partial charge in [-0.3, -0.25) is 0 Å². The maximum atomic E-state index is 5.74. The highest BCUT2D eigenvalue weighted by Crippen LogP contribution is 2.31. The van der Waals surface area contributed by atoms with Gasteiger partial charge in [0, 0.05) is 6.61 Å². The molecule has 0 amide bonds. The van der Waals surface area contributed by atoms with Gasteiger partial charge in [0.2, 0.25) is 0 Å². The Bertz CT molecular complexity index is 729. The van der Waals surface area contributed by atoms with E-state index in [1.165, 1.54) is 68.9 Å². The lowest BCUT2D eigenvalue weighted by Gasteiger charge is -2.19. The summed E-state index contributed by atoms with van der Waals surface area (Å²) >= 11 is 0. The maximum Gasteiger partial charge on any atom is 0.0598 e. The van der Waals surface area contributed by atoms with Crippen molar-refractivity contribution in [2.75, 3.05) is 6.61 Å². The Morgan fingerprint density at radius 1 is 0.935 bits per heavy atom. The Balaban J connectivity index is 0.000000262. The number of hydrogen-bond acceptors (Lipinski definition) is 1. The van der Waals surface area contributed by atoms with E-state index in [1.807, 2.05) is 0 Å². The third-order valence-electron chi connectivity index (χ3n) is 6.08. The third-order valence-corrected chi connectivity index (χ3v) is 6.08. The predicted octanol–water partition coefficient (Wildman–Crippen LogP) is 9.09. The molecule has 1 aromatic carbocycles. The molecule has 1 aromatic rings. The van der Waals surface area contributed by atoms with Crippen LogP contribution < -0.4 is 0 Å². The summed E-state index contributed by atoms with van der Waals surface area (Å²) in [5.74, 6) is 0.738. The van der Waals surface area contributed by atoms with Gasteiger partial charge in [-0.25, -0.2) is 0 Å². The fourth-order valence-electron chi connectivity index (χ4n) is 4.18. The average Bonchev–Trinajstić information content (AvgIpc) is 3.38. The summed E-state index contributed by atoms with van der Waals surface area (Å²) in [4.78, 5) is 0. The number of rotatable bonds is 11. The van der Waals surface area contributed by atoms with E-state index in [2.05, 4.69) is 83.2 Å². The van der Waals surface area contributed by atoms with Gasteiger partial charge in [0.25, 0.3) is 0 Å². The van der Waals surface area contributed by atoms with E-state index in [0.717, 1.165) is 18.9 Å². The van der Waals surface area contributed by atoms with Gasteiger partial charge in [0.1, 0.15) is 0 Å². The van der Waals surface area contributed by atoms with Gasteiger partial charge in [-0.1, -0.05) is 87.3 Å². The van der Waals surface area contributed by atoms with Crippen molar-refractivity contribution in [1.82, 2.24) is 0 Å². The van der Waals surface area contributed by atoms with E-state index in [9.17, 15) is 0 Å². The molecule has 0 saturated carbocycles. The first-order chi connectivity index (χ1) is 14.9. The zero-order chi connectivity index (χ0) is 22.5. The topological polar surface area (TPSA) is 9.23 Å². The second kappa shape index (κ2) is 13.7. The molecule has 0 heterocycles. The van der Waals surface area contributed by atoms with Crippen LogP contribution in [0.5, 0.6) is 0 Å². The van der Waals surface area contributed by atoms with Crippen LogP contribution in [0.3, 0.4) is 0 Å². The van der Waals surface area contributed by atoms with Crippen LogP contribution in [0.15, 0.2) is 54.1 Å². The Kier molecular flexibility index (Phi) is 11.4. The molecule has 1 nitrogen and oxygen atoms in total. The zero-order valence-corrected chi connectivity index (χ0v) is 20.9. The van der Waals surface area contributed by atoms with Crippen LogP contribution in [0.2, 0.25) is 0 Å². The number of hydrogen-bond donors (Lipinski definition) is 0. The summed E-state index contributed by atoms with van der Waals surface area (Å²) in [7, 11) is 0. The predicted molar refractivity (Wildman–Crippen MR) is 137 cm³/mol. The number of ether oxygens (including phenoxy) is 1. The van der Waals surface area contributed by atoms with Crippen molar-refractivity contribution in [1.29, 1.82) is 0 Å². The molecular formula is C30H46O. The molecule has 2 aliphatic carbocycles. The first-order valence-corrected chi connectivity index (χ1v) is 12.7. The Morgan fingerprint density at radius 2 is 1.71 bits per heavy atom. The Labute approximate surface area is 192 Å². The van der Waals surface area contributed by atoms with Crippen LogP contribution in [0.4, 0.5) is 0 Å². The normalized spacial score (nSPS) is 17.1. The average molecular weight is 423 g/mol. The van der Waals surface area contributed by atoms with Gasteiger partial charge in [0.15, 0.2) is 0 Å². The summed E-state index contributed by atoms with van der Waals surface area (Å²) < 4.78 is 5.74. The fourth-order valence-corrected chi connectivity index (χ4v) is 4.18. The Morgan fingerprint density at radius 3 is 2.42 bits per heavy atom. The van der Waals surface area contributed by atoms with Crippen LogP contribution in [0.25, 0.3) is 5.57 Å². The van der Waals surface area contributed by atoms with Crippen LogP contribution >= 0.6 is 0 Å². The number of allylic oxidation sites excluding steroid dienone is 6. The van der Waals surface area contributed by atoms with Crippen molar-refractivity contribution in [2.24, 2.45) is 5.92 Å². The molecule has 0 N–H and O–H groups in total. The second-order valence-corrected chi connectivity index (χ2v) is 9.99. The van der Waals surface area contributed by atoms with Gasteiger partial charge >= 0.3 is 0 Å². The third kappa shape index (κ3) is 10.0. The molecule has 1 atom stereocenters. The molecule has 1 unspecified atom stereocenters. The minimum Gasteiger partial charge on any atom is -0.376 e. The summed E-state index contributed by atoms with van der Waals surface area (Å²) in [5, 5.41) is 0. The molecule has 31 heavy (non-hydrogen) atoms. The molecule has 0 bridgehead atoms. The lowest BCUT2D eigenvalue weighted by molar-refractivity contribution is -0.00472. The molecule has 0 aromatic heterocycles. The van der Waals surface area contributed by atoms with E-state index in [4.69, 9.17) is 4.74 Å². The van der Waals surface area contributed by atoms with E-state index in [-0.39, 0.29) is 5.60 Å². The molecular weight excluding hydrogens is 376 g/mol. The van der Waals surface area contributed by atoms with Gasteiger partial charge in [-0.05, 0) is 88.3 Å². The van der Waals surface area contributed by atoms with Gasteiger partial charge in [-0.15, -0.1) is 0 Å². The van der Waals surface area contributed by atoms with Crippen LogP contribution in [-0.2, 0) is 11.2 Å². The minimum atomic E-state index is 0.0123. The zero-order valence-electron chi connectivity index (χ0n) is 20.9. The minimum absolute atomic E-state index is 0.0123. The molecule has 0 saturated heterocycles. The molecule has 0 radical (unpaired) electrons. The van der Waals surface area contributed by atoms with Crippen molar-refractivity contribution < 1.29 is 4.74 Å². The highest BCUT2D eigenvalue weighted by molar-refractivity contribution is 5.72.